The second kappa shape index (κ2) is 5.89. The molecule has 1 fully saturated rings. The summed E-state index contributed by atoms with van der Waals surface area (Å²) in [4.78, 5) is 11.9. The molecule has 0 heterocycles. The Morgan fingerprint density at radius 2 is 1.94 bits per heavy atom. The standard InChI is InChI=1S/C15H21NO2/c1-2-10-15(11-6-7-12-15)18-14(17)16-13-8-4-3-5-9-13/h3-5,8-9H,2,6-7,10-12H2,1H3,(H,16,17). The average molecular weight is 247 g/mol. The molecule has 1 saturated carbocycles. The Hall–Kier alpha value is -1.51. The fourth-order valence-corrected chi connectivity index (χ4v) is 2.74. The van der Waals surface area contributed by atoms with Crippen LogP contribution < -0.4 is 5.32 Å². The number of amides is 1. The summed E-state index contributed by atoms with van der Waals surface area (Å²) in [5, 5.41) is 2.79. The van der Waals surface area contributed by atoms with Gasteiger partial charge in [0.05, 0.1) is 0 Å². The van der Waals surface area contributed by atoms with Crippen LogP contribution >= 0.6 is 0 Å². The van der Waals surface area contributed by atoms with E-state index in [0.29, 0.717) is 0 Å². The minimum absolute atomic E-state index is 0.215. The van der Waals surface area contributed by atoms with E-state index in [1.807, 2.05) is 30.3 Å². The highest BCUT2D eigenvalue weighted by atomic mass is 16.6. The third kappa shape index (κ3) is 3.25. The number of carbonyl (C=O) groups excluding carboxylic acids is 1. The number of hydrogen-bond donors (Lipinski definition) is 1. The molecule has 18 heavy (non-hydrogen) atoms. The van der Waals surface area contributed by atoms with Crippen molar-refractivity contribution in [3.8, 4) is 0 Å². The van der Waals surface area contributed by atoms with Gasteiger partial charge < -0.3 is 4.74 Å². The van der Waals surface area contributed by atoms with Crippen LogP contribution in [0.2, 0.25) is 0 Å². The lowest BCUT2D eigenvalue weighted by Crippen LogP contribution is -2.33. The molecule has 3 nitrogen and oxygen atoms in total. The molecule has 2 rings (SSSR count). The second-order valence-electron chi connectivity index (χ2n) is 5.02. The Morgan fingerprint density at radius 1 is 1.28 bits per heavy atom. The van der Waals surface area contributed by atoms with E-state index in [1.165, 1.54) is 12.8 Å². The van der Waals surface area contributed by atoms with Gasteiger partial charge in [0.1, 0.15) is 5.60 Å². The molecule has 0 unspecified atom stereocenters. The summed E-state index contributed by atoms with van der Waals surface area (Å²) in [5.41, 5.74) is 0.570. The van der Waals surface area contributed by atoms with E-state index in [9.17, 15) is 4.79 Å². The summed E-state index contributed by atoms with van der Waals surface area (Å²) < 4.78 is 5.69. The fraction of sp³-hybridized carbons (Fsp3) is 0.533. The van der Waals surface area contributed by atoms with Gasteiger partial charge in [-0.15, -0.1) is 0 Å². The third-order valence-corrected chi connectivity index (χ3v) is 3.55. The number of hydrogen-bond acceptors (Lipinski definition) is 2. The van der Waals surface area contributed by atoms with Gasteiger partial charge >= 0.3 is 6.09 Å². The maximum absolute atomic E-state index is 11.9. The molecule has 1 N–H and O–H groups in total. The molecule has 3 heteroatoms. The molecule has 1 aromatic rings. The quantitative estimate of drug-likeness (QED) is 0.859. The zero-order valence-corrected chi connectivity index (χ0v) is 10.9. The van der Waals surface area contributed by atoms with Crippen LogP contribution in [0.3, 0.4) is 0 Å². The Labute approximate surface area is 109 Å². The number of ether oxygens (including phenoxy) is 1. The number of anilines is 1. The van der Waals surface area contributed by atoms with Crippen LogP contribution in [0.15, 0.2) is 30.3 Å². The van der Waals surface area contributed by atoms with Gasteiger partial charge in [0.2, 0.25) is 0 Å². The van der Waals surface area contributed by atoms with Crippen molar-refractivity contribution < 1.29 is 9.53 Å². The van der Waals surface area contributed by atoms with E-state index in [4.69, 9.17) is 4.74 Å². The van der Waals surface area contributed by atoms with E-state index in [0.717, 1.165) is 31.4 Å². The van der Waals surface area contributed by atoms with E-state index in [2.05, 4.69) is 12.2 Å². The van der Waals surface area contributed by atoms with Crippen LogP contribution in [-0.4, -0.2) is 11.7 Å². The van der Waals surface area contributed by atoms with Gasteiger partial charge in [0, 0.05) is 5.69 Å². The zero-order valence-electron chi connectivity index (χ0n) is 10.9. The van der Waals surface area contributed by atoms with Crippen molar-refractivity contribution in [3.05, 3.63) is 30.3 Å². The van der Waals surface area contributed by atoms with Crippen LogP contribution in [0.1, 0.15) is 45.4 Å². The minimum Gasteiger partial charge on any atom is -0.443 e. The van der Waals surface area contributed by atoms with Crippen molar-refractivity contribution in [3.63, 3.8) is 0 Å². The molecule has 0 saturated heterocycles. The highest BCUT2D eigenvalue weighted by Crippen LogP contribution is 2.37. The molecule has 0 atom stereocenters. The summed E-state index contributed by atoms with van der Waals surface area (Å²) in [5.74, 6) is 0. The van der Waals surface area contributed by atoms with Crippen LogP contribution in [0.4, 0.5) is 10.5 Å². The highest BCUT2D eigenvalue weighted by Gasteiger charge is 2.36. The largest absolute Gasteiger partial charge is 0.443 e. The Balaban J connectivity index is 1.93. The molecule has 0 spiro atoms. The van der Waals surface area contributed by atoms with Crippen LogP contribution in [0.5, 0.6) is 0 Å². The van der Waals surface area contributed by atoms with Gasteiger partial charge in [0.25, 0.3) is 0 Å². The maximum Gasteiger partial charge on any atom is 0.412 e. The normalized spacial score (nSPS) is 17.4. The first kappa shape index (κ1) is 12.9. The molecular formula is C15H21NO2. The minimum atomic E-state index is -0.323. The topological polar surface area (TPSA) is 38.3 Å². The Bertz CT molecular complexity index is 383. The molecular weight excluding hydrogens is 226 g/mol. The SMILES string of the molecule is CCCC1(OC(=O)Nc2ccccc2)CCCC1. The molecule has 98 valence electrons. The first-order chi connectivity index (χ1) is 8.74. The molecule has 0 bridgehead atoms. The van der Waals surface area contributed by atoms with Gasteiger partial charge in [-0.05, 0) is 44.2 Å². The van der Waals surface area contributed by atoms with Crippen LogP contribution in [0.25, 0.3) is 0 Å². The average Bonchev–Trinajstić information content (AvgIpc) is 2.79. The smallest absolute Gasteiger partial charge is 0.412 e. The predicted octanol–water partition coefficient (Wildman–Crippen LogP) is 4.35. The number of carbonyl (C=O) groups is 1. The van der Waals surface area contributed by atoms with Crippen molar-refractivity contribution in [2.45, 2.75) is 51.0 Å². The number of nitrogens with one attached hydrogen (secondary N) is 1. The van der Waals surface area contributed by atoms with Crippen molar-refractivity contribution >= 4 is 11.8 Å². The van der Waals surface area contributed by atoms with Gasteiger partial charge in [-0.2, -0.15) is 0 Å². The number of benzene rings is 1. The highest BCUT2D eigenvalue weighted by molar-refractivity contribution is 5.84. The molecule has 1 amide bonds. The molecule has 1 aliphatic rings. The maximum atomic E-state index is 11.9. The summed E-state index contributed by atoms with van der Waals surface area (Å²) in [6, 6.07) is 9.44. The summed E-state index contributed by atoms with van der Waals surface area (Å²) in [6.45, 7) is 2.14. The lowest BCUT2D eigenvalue weighted by atomic mass is 9.96. The van der Waals surface area contributed by atoms with Gasteiger partial charge in [-0.3, -0.25) is 5.32 Å². The van der Waals surface area contributed by atoms with Gasteiger partial charge in [-0.1, -0.05) is 31.5 Å². The third-order valence-electron chi connectivity index (χ3n) is 3.55. The second-order valence-corrected chi connectivity index (χ2v) is 5.02. The molecule has 0 aliphatic heterocycles. The summed E-state index contributed by atoms with van der Waals surface area (Å²) >= 11 is 0. The van der Waals surface area contributed by atoms with E-state index in [-0.39, 0.29) is 11.7 Å². The molecule has 1 aromatic carbocycles. The number of rotatable bonds is 4. The fourth-order valence-electron chi connectivity index (χ4n) is 2.74. The van der Waals surface area contributed by atoms with Crippen molar-refractivity contribution in [2.24, 2.45) is 0 Å². The first-order valence-electron chi connectivity index (χ1n) is 6.79. The lowest BCUT2D eigenvalue weighted by molar-refractivity contribution is 0.0174. The van der Waals surface area contributed by atoms with E-state index in [1.54, 1.807) is 0 Å². The van der Waals surface area contributed by atoms with E-state index >= 15 is 0 Å². The monoisotopic (exact) mass is 247 g/mol. The summed E-state index contributed by atoms with van der Waals surface area (Å²) in [6.07, 6.45) is 6.04. The predicted molar refractivity (Wildman–Crippen MR) is 72.7 cm³/mol. The van der Waals surface area contributed by atoms with E-state index < -0.39 is 0 Å². The van der Waals surface area contributed by atoms with Crippen molar-refractivity contribution in [1.29, 1.82) is 0 Å². The first-order valence-corrected chi connectivity index (χ1v) is 6.79. The Kier molecular flexibility index (Phi) is 4.24. The van der Waals surface area contributed by atoms with Crippen molar-refractivity contribution in [2.75, 3.05) is 5.32 Å². The lowest BCUT2D eigenvalue weighted by Gasteiger charge is -2.28. The summed E-state index contributed by atoms with van der Waals surface area (Å²) in [7, 11) is 0. The molecule has 1 aliphatic carbocycles. The van der Waals surface area contributed by atoms with Crippen LogP contribution in [0, 0.1) is 0 Å². The molecule has 0 radical (unpaired) electrons. The van der Waals surface area contributed by atoms with Gasteiger partial charge in [-0.25, -0.2) is 4.79 Å². The van der Waals surface area contributed by atoms with Gasteiger partial charge in [0.15, 0.2) is 0 Å². The zero-order chi connectivity index (χ0) is 12.8. The van der Waals surface area contributed by atoms with Crippen molar-refractivity contribution in [1.82, 2.24) is 0 Å². The van der Waals surface area contributed by atoms with Crippen LogP contribution in [-0.2, 0) is 4.74 Å². The number of para-hydroxylation sites is 1. The molecule has 0 aromatic heterocycles. The Morgan fingerprint density at radius 3 is 2.56 bits per heavy atom.